The van der Waals surface area contributed by atoms with Crippen molar-refractivity contribution in [2.75, 3.05) is 35.7 Å². The van der Waals surface area contributed by atoms with Gasteiger partial charge in [-0.15, -0.1) is 0 Å². The van der Waals surface area contributed by atoms with Crippen LogP contribution in [0, 0.1) is 0 Å². The number of carboxylic acid groups (broad SMARTS) is 1. The monoisotopic (exact) mass is 522 g/mol. The lowest BCUT2D eigenvalue weighted by Crippen LogP contribution is -2.41. The summed E-state index contributed by atoms with van der Waals surface area (Å²) in [5.41, 5.74) is 8.24. The number of nitrogens with zero attached hydrogens (tertiary/aromatic N) is 4. The number of ether oxygens (including phenoxy) is 1. The fourth-order valence-electron chi connectivity index (χ4n) is 3.62. The lowest BCUT2D eigenvalue weighted by Gasteiger charge is -2.26. The molecule has 1 aliphatic heterocycles. The van der Waals surface area contributed by atoms with Gasteiger partial charge in [0.25, 0.3) is 5.91 Å². The molecule has 37 heavy (non-hydrogen) atoms. The fourth-order valence-corrected chi connectivity index (χ4v) is 3.73. The van der Waals surface area contributed by atoms with Crippen molar-refractivity contribution in [3.05, 3.63) is 77.7 Å². The molecule has 5 rings (SSSR count). The summed E-state index contributed by atoms with van der Waals surface area (Å²) in [7, 11) is 0. The number of amides is 2. The van der Waals surface area contributed by atoms with E-state index in [1.807, 2.05) is 12.1 Å². The van der Waals surface area contributed by atoms with Gasteiger partial charge in [0.05, 0.1) is 22.7 Å². The highest BCUT2D eigenvalue weighted by Gasteiger charge is 2.20. The normalized spacial score (nSPS) is 13.1. The number of nitrogens with two attached hydrogens (primary N) is 1. The first-order chi connectivity index (χ1) is 17.8. The predicted octanol–water partition coefficient (Wildman–Crippen LogP) is 3.05. The molecule has 2 amide bonds. The maximum absolute atomic E-state index is 12.2. The van der Waals surface area contributed by atoms with E-state index < -0.39 is 11.9 Å². The first kappa shape index (κ1) is 25.6. The molecule has 11 nitrogen and oxygen atoms in total. The van der Waals surface area contributed by atoms with Crippen LogP contribution in [0.25, 0.3) is 11.0 Å². The van der Waals surface area contributed by atoms with Crippen LogP contribution in [0.3, 0.4) is 0 Å². The molecular formula is C25H23ClN6O5. The minimum Gasteiger partial charge on any atom is -0.475 e. The molecule has 1 aliphatic rings. The van der Waals surface area contributed by atoms with E-state index in [1.165, 1.54) is 10.8 Å². The molecule has 2 aromatic heterocycles. The van der Waals surface area contributed by atoms with Gasteiger partial charge in [0, 0.05) is 24.1 Å². The summed E-state index contributed by atoms with van der Waals surface area (Å²) in [6, 6.07) is 17.3. The van der Waals surface area contributed by atoms with Crippen LogP contribution in [0.4, 0.5) is 17.2 Å². The molecule has 0 unspecified atom stereocenters. The number of carbonyl (C=O) groups is 3. The van der Waals surface area contributed by atoms with Gasteiger partial charge in [-0.3, -0.25) is 9.59 Å². The fraction of sp³-hybridized carbons (Fsp3) is 0.160. The van der Waals surface area contributed by atoms with Crippen LogP contribution in [-0.4, -0.2) is 57.2 Å². The molecule has 0 saturated carbocycles. The molecule has 4 aromatic rings. The standard InChI is InChI=1S/C15H11ClN4O3.C10H12N2O2/c16-9-5-6-12(17-7-9)19-13(21)8-20-11-4-2-1-3-10(11)18-14(20)15(22)23;11-8-1-3-9(4-2-8)12-5-6-14-7-10(12)13/h1-7H,8H2,(H,22,23)(H,17,19,21);1-4H,5-7,11H2. The molecule has 4 N–H and O–H groups in total. The average molecular weight is 523 g/mol. The highest BCUT2D eigenvalue weighted by molar-refractivity contribution is 6.30. The van der Waals surface area contributed by atoms with E-state index >= 15 is 0 Å². The summed E-state index contributed by atoms with van der Waals surface area (Å²) in [6.07, 6.45) is 1.41. The van der Waals surface area contributed by atoms with Crippen molar-refractivity contribution in [2.24, 2.45) is 0 Å². The molecule has 3 heterocycles. The number of fused-ring (bicyclic) bond motifs is 1. The van der Waals surface area contributed by atoms with Gasteiger partial charge < -0.3 is 30.4 Å². The number of carboxylic acids is 1. The zero-order chi connectivity index (χ0) is 26.4. The summed E-state index contributed by atoms with van der Waals surface area (Å²) in [6.45, 7) is 1.19. The van der Waals surface area contributed by atoms with E-state index in [1.54, 1.807) is 53.4 Å². The molecule has 0 aliphatic carbocycles. The first-order valence-electron chi connectivity index (χ1n) is 11.2. The van der Waals surface area contributed by atoms with Crippen molar-refractivity contribution in [3.63, 3.8) is 0 Å². The summed E-state index contributed by atoms with van der Waals surface area (Å²) in [4.78, 5) is 44.6. The van der Waals surface area contributed by atoms with E-state index in [4.69, 9.17) is 22.1 Å². The van der Waals surface area contributed by atoms with E-state index in [2.05, 4.69) is 15.3 Å². The SMILES string of the molecule is Nc1ccc(N2CCOCC2=O)cc1.O=C(Cn1c(C(=O)O)nc2ccccc21)Nc1ccc(Cl)cn1. The Labute approximate surface area is 216 Å². The van der Waals surface area contributed by atoms with Gasteiger partial charge in [-0.1, -0.05) is 23.7 Å². The van der Waals surface area contributed by atoms with Crippen LogP contribution in [0.2, 0.25) is 5.02 Å². The molecule has 1 saturated heterocycles. The molecule has 190 valence electrons. The zero-order valence-corrected chi connectivity index (χ0v) is 20.3. The highest BCUT2D eigenvalue weighted by Crippen LogP contribution is 2.18. The zero-order valence-electron chi connectivity index (χ0n) is 19.5. The Bertz CT molecular complexity index is 1420. The number of nitrogen functional groups attached to an aromatic ring is 1. The van der Waals surface area contributed by atoms with Crippen molar-refractivity contribution in [1.29, 1.82) is 0 Å². The molecule has 12 heteroatoms. The van der Waals surface area contributed by atoms with Crippen LogP contribution < -0.4 is 16.0 Å². The molecular weight excluding hydrogens is 500 g/mol. The van der Waals surface area contributed by atoms with Crippen LogP contribution in [0.1, 0.15) is 10.6 Å². The van der Waals surface area contributed by atoms with E-state index in [0.29, 0.717) is 40.7 Å². The lowest BCUT2D eigenvalue weighted by atomic mass is 10.2. The molecule has 0 radical (unpaired) electrons. The minimum absolute atomic E-state index is 0.000946. The quantitative estimate of drug-likeness (QED) is 0.338. The minimum atomic E-state index is -1.20. The predicted molar refractivity (Wildman–Crippen MR) is 139 cm³/mol. The van der Waals surface area contributed by atoms with Crippen molar-refractivity contribution in [3.8, 4) is 0 Å². The van der Waals surface area contributed by atoms with Crippen molar-refractivity contribution in [2.45, 2.75) is 6.54 Å². The molecule has 0 atom stereocenters. The second-order valence-electron chi connectivity index (χ2n) is 7.91. The second kappa shape index (κ2) is 11.5. The van der Waals surface area contributed by atoms with Gasteiger partial charge in [-0.05, 0) is 48.5 Å². The summed E-state index contributed by atoms with van der Waals surface area (Å²) >= 11 is 5.73. The Morgan fingerprint density at radius 3 is 2.54 bits per heavy atom. The van der Waals surface area contributed by atoms with Gasteiger partial charge in [0.2, 0.25) is 11.7 Å². The molecule has 0 spiro atoms. The van der Waals surface area contributed by atoms with Gasteiger partial charge in [0.1, 0.15) is 19.0 Å². The van der Waals surface area contributed by atoms with Crippen LogP contribution in [0.5, 0.6) is 0 Å². The molecule has 2 aromatic carbocycles. The van der Waals surface area contributed by atoms with Gasteiger partial charge in [0.15, 0.2) is 0 Å². The first-order valence-corrected chi connectivity index (χ1v) is 11.5. The number of hydrogen-bond donors (Lipinski definition) is 3. The Balaban J connectivity index is 0.000000195. The number of hydrogen-bond acceptors (Lipinski definition) is 7. The van der Waals surface area contributed by atoms with Crippen molar-refractivity contribution in [1.82, 2.24) is 14.5 Å². The molecule has 0 bridgehead atoms. The second-order valence-corrected chi connectivity index (χ2v) is 8.35. The summed E-state index contributed by atoms with van der Waals surface area (Å²) in [5, 5.41) is 12.3. The summed E-state index contributed by atoms with van der Waals surface area (Å²) < 4.78 is 6.39. The number of pyridine rings is 1. The van der Waals surface area contributed by atoms with E-state index in [9.17, 15) is 19.5 Å². The number of imidazole rings is 1. The number of carbonyl (C=O) groups excluding carboxylic acids is 2. The number of rotatable bonds is 5. The molecule has 1 fully saturated rings. The Hall–Kier alpha value is -4.48. The third kappa shape index (κ3) is 6.40. The number of nitrogens with one attached hydrogen (secondary N) is 1. The van der Waals surface area contributed by atoms with Gasteiger partial charge in [-0.2, -0.15) is 0 Å². The van der Waals surface area contributed by atoms with Crippen molar-refractivity contribution >= 4 is 57.6 Å². The van der Waals surface area contributed by atoms with E-state index in [0.717, 1.165) is 5.69 Å². The average Bonchev–Trinajstić information content (AvgIpc) is 3.25. The maximum atomic E-state index is 12.2. The maximum Gasteiger partial charge on any atom is 0.372 e. The lowest BCUT2D eigenvalue weighted by molar-refractivity contribution is -0.125. The number of halogens is 1. The van der Waals surface area contributed by atoms with Gasteiger partial charge in [-0.25, -0.2) is 14.8 Å². The smallest absolute Gasteiger partial charge is 0.372 e. The Morgan fingerprint density at radius 2 is 1.86 bits per heavy atom. The van der Waals surface area contributed by atoms with Crippen LogP contribution in [0.15, 0.2) is 66.9 Å². The van der Waals surface area contributed by atoms with Gasteiger partial charge >= 0.3 is 5.97 Å². The van der Waals surface area contributed by atoms with E-state index in [-0.39, 0.29) is 24.9 Å². The Morgan fingerprint density at radius 1 is 1.11 bits per heavy atom. The van der Waals surface area contributed by atoms with Crippen LogP contribution >= 0.6 is 11.6 Å². The topological polar surface area (TPSA) is 153 Å². The van der Waals surface area contributed by atoms with Crippen LogP contribution in [-0.2, 0) is 20.9 Å². The largest absolute Gasteiger partial charge is 0.475 e. The van der Waals surface area contributed by atoms with Crippen molar-refractivity contribution < 1.29 is 24.2 Å². The third-order valence-corrected chi connectivity index (χ3v) is 5.56. The highest BCUT2D eigenvalue weighted by atomic mass is 35.5. The number of aromatic nitrogens is 3. The number of anilines is 3. The number of aromatic carboxylic acids is 1. The number of benzene rings is 2. The Kier molecular flexibility index (Phi) is 7.96. The third-order valence-electron chi connectivity index (χ3n) is 5.33. The number of para-hydroxylation sites is 2. The summed E-state index contributed by atoms with van der Waals surface area (Å²) in [5.74, 6) is -1.46. The number of morpholine rings is 1.